The Morgan fingerprint density at radius 3 is 0.636 bits per heavy atom. The van der Waals surface area contributed by atoms with Gasteiger partial charge in [0.15, 0.2) is 0 Å². The smallest absolute Gasteiger partial charge is 0.308 e. The Balaban J connectivity index is 0.000000185. The van der Waals surface area contributed by atoms with E-state index in [0.717, 1.165) is 207 Å². The molecule has 0 N–H and O–H groups in total. The number of hydrogen-bond donors (Lipinski definition) is 0. The Bertz CT molecular complexity index is 7030. The molecule has 4 aromatic heterocycles. The van der Waals surface area contributed by atoms with Crippen molar-refractivity contribution < 1.29 is 30.7 Å². The number of aromatic nitrogens is 4. The third kappa shape index (κ3) is 11.1. The maximum absolute atomic E-state index is 17.1. The fourth-order valence-corrected chi connectivity index (χ4v) is 20.7. The highest BCUT2D eigenvalue weighted by atomic mass is 19.4. The first-order chi connectivity index (χ1) is 55.2. The number of nitrogens with zero attached hydrogens (tertiary/aromatic N) is 5. The molecule has 0 bridgehead atoms. The lowest BCUT2D eigenvalue weighted by molar-refractivity contribution is -0.137. The number of hydrogen-bond acceptors (Lipinski definition) is 1. The molecule has 16 aromatic rings. The highest BCUT2D eigenvalue weighted by molar-refractivity contribution is 6.20. The first kappa shape index (κ1) is 82.0. The summed E-state index contributed by atoms with van der Waals surface area (Å²) in [5, 5.41) is 20.2. The number of halogens is 7. The molecule has 0 fully saturated rings. The maximum atomic E-state index is 17.1. The van der Waals surface area contributed by atoms with Crippen LogP contribution in [0.4, 0.5) is 30.7 Å². The van der Waals surface area contributed by atoms with Crippen LogP contribution >= 0.6 is 0 Å². The van der Waals surface area contributed by atoms with Gasteiger partial charge in [0.1, 0.15) is 40.5 Å². The minimum Gasteiger partial charge on any atom is -0.308 e. The molecule has 16 rings (SSSR count). The Labute approximate surface area is 689 Å². The highest BCUT2D eigenvalue weighted by Crippen LogP contribution is 2.55. The average molecular weight is 1580 g/mol. The zero-order valence-corrected chi connectivity index (χ0v) is 74.7. The number of rotatable bonds is 6. The molecule has 0 unspecified atom stereocenters. The number of benzene rings is 12. The quantitative estimate of drug-likeness (QED) is 0.153. The monoisotopic (exact) mass is 1580 g/mol. The molecule has 5 nitrogen and oxygen atoms in total. The fourth-order valence-electron chi connectivity index (χ4n) is 20.7. The van der Waals surface area contributed by atoms with Crippen molar-refractivity contribution in [3.63, 3.8) is 0 Å². The van der Waals surface area contributed by atoms with Crippen molar-refractivity contribution in [2.75, 3.05) is 0 Å². The van der Waals surface area contributed by atoms with E-state index in [2.05, 4.69) is 168 Å². The molecule has 0 aliphatic heterocycles. The summed E-state index contributed by atoms with van der Waals surface area (Å²) in [7, 11) is 0. The van der Waals surface area contributed by atoms with Gasteiger partial charge in [0.05, 0.1) is 66.9 Å². The van der Waals surface area contributed by atoms with Gasteiger partial charge in [-0.3, -0.25) is 0 Å². The standard InChI is InChI=1S/C53H53F5N2.C53H53F2N3/c1-22-26(5)34(13)48-43(30(22)9)44-31(10)23(2)27(6)35(14)49(44)59(48)42-18-17-41(38-19-39(54)21-40(55)20-38)52(47(42)53(56,57)58)60-50-36(15)28(7)24(3)32(11)45(50)46-33(12)25(4)29(8)37(16)51(46)60;1-23-27(5)35(13)49-45(31(23)9)46-32(10)24(2)28(6)36(14)50(46)57(49)44-18-17-42(39-19-40(54)21-41(55)20-39)53(43(44)22-56)58-51-37(15)29(7)25(3)33(11)47(51)48-34(12)26(4)30(8)38(16)52(48)58/h17-21H,1-16H3;17-21H,1-16H3. The lowest BCUT2D eigenvalue weighted by atomic mass is 9.90. The van der Waals surface area contributed by atoms with Gasteiger partial charge in [-0.1, -0.05) is 12.1 Å². The predicted octanol–water partition coefficient (Wildman–Crippen LogP) is 30.4. The largest absolute Gasteiger partial charge is 0.420 e. The molecular formula is C106H106F7N5. The number of fused-ring (bicyclic) bond motifs is 12. The number of aryl methyl sites for hydroxylation is 16. The minimum atomic E-state index is -4.95. The molecule has 12 aromatic carbocycles. The Morgan fingerprint density at radius 2 is 0.415 bits per heavy atom. The van der Waals surface area contributed by atoms with Gasteiger partial charge in [-0.15, -0.1) is 0 Å². The summed E-state index contributed by atoms with van der Waals surface area (Å²) in [4.78, 5) is 0. The Kier molecular flexibility index (Phi) is 19.4. The highest BCUT2D eigenvalue weighted by Gasteiger charge is 2.43. The zero-order chi connectivity index (χ0) is 86.4. The van der Waals surface area contributed by atoms with Crippen molar-refractivity contribution >= 4 is 87.2 Å². The third-order valence-corrected chi connectivity index (χ3v) is 30.0. The Hall–Kier alpha value is -11.2. The van der Waals surface area contributed by atoms with Crippen LogP contribution < -0.4 is 0 Å². The van der Waals surface area contributed by atoms with Gasteiger partial charge in [0, 0.05) is 66.3 Å². The van der Waals surface area contributed by atoms with E-state index in [1.54, 1.807) is 10.6 Å². The molecule has 12 heteroatoms. The van der Waals surface area contributed by atoms with Crippen LogP contribution in [0.2, 0.25) is 0 Å². The summed E-state index contributed by atoms with van der Waals surface area (Å²) in [6.07, 6.45) is -4.95. The van der Waals surface area contributed by atoms with Gasteiger partial charge < -0.3 is 18.3 Å². The van der Waals surface area contributed by atoms with E-state index in [1.165, 1.54) is 95.7 Å². The molecule has 0 amide bonds. The second kappa shape index (κ2) is 28.0. The van der Waals surface area contributed by atoms with Crippen LogP contribution in [-0.2, 0) is 6.18 Å². The second-order valence-corrected chi connectivity index (χ2v) is 34.8. The Morgan fingerprint density at radius 1 is 0.229 bits per heavy atom. The summed E-state index contributed by atoms with van der Waals surface area (Å²) in [6, 6.07) is 16.6. The van der Waals surface area contributed by atoms with Crippen molar-refractivity contribution in [2.24, 2.45) is 0 Å². The summed E-state index contributed by atoms with van der Waals surface area (Å²) < 4.78 is 121. The second-order valence-electron chi connectivity index (χ2n) is 34.8. The molecule has 0 atom stereocenters. The van der Waals surface area contributed by atoms with Gasteiger partial charge in [0.25, 0.3) is 0 Å². The molecule has 0 saturated carbocycles. The van der Waals surface area contributed by atoms with Gasteiger partial charge in [0.2, 0.25) is 0 Å². The topological polar surface area (TPSA) is 43.5 Å². The molecule has 0 spiro atoms. The van der Waals surface area contributed by atoms with Crippen molar-refractivity contribution in [2.45, 2.75) is 228 Å². The maximum Gasteiger partial charge on any atom is 0.420 e. The van der Waals surface area contributed by atoms with Crippen molar-refractivity contribution in [1.82, 2.24) is 18.3 Å². The molecule has 0 saturated heterocycles. The van der Waals surface area contributed by atoms with Crippen LogP contribution in [0.5, 0.6) is 0 Å². The SMILES string of the molecule is Cc1c(C)c(C)c2c(c1C)c1c(C)c(C)c(C)c(C)c1n2-c1ccc(-c2cc(F)cc(F)c2)c(-n2c3c(C)c(C)c(C)c(C)c3c3c(C)c(C)c(C)c(C)c32)c1C#N.Cc1c(C)c(C)c2c(c1C)c1c(C)c(C)c(C)c(C)c1n2-c1ccc(-c2cc(F)cc(F)c2)c(-n2c3c(C)c(C)c(C)c(C)c3c3c(C)c(C)c(C)c(C)c32)c1C(F)(F)F. The molecule has 0 aliphatic carbocycles. The lowest BCUT2D eigenvalue weighted by Gasteiger charge is -2.26. The lowest BCUT2D eigenvalue weighted by Crippen LogP contribution is -2.18. The van der Waals surface area contributed by atoms with Crippen molar-refractivity contribution in [3.05, 3.63) is 273 Å². The molecule has 0 radical (unpaired) electrons. The molecule has 4 heterocycles. The fraction of sp³-hybridized carbons (Fsp3) is 0.311. The van der Waals surface area contributed by atoms with E-state index in [1.807, 2.05) is 85.9 Å². The van der Waals surface area contributed by atoms with E-state index < -0.39 is 35.0 Å². The van der Waals surface area contributed by atoms with Crippen LogP contribution in [0.3, 0.4) is 0 Å². The summed E-state index contributed by atoms with van der Waals surface area (Å²) in [5.74, 6) is -3.08. The van der Waals surface area contributed by atoms with E-state index >= 15 is 30.7 Å². The predicted molar refractivity (Wildman–Crippen MR) is 482 cm³/mol. The molecule has 0 aliphatic rings. The summed E-state index contributed by atoms with van der Waals surface area (Å²) in [6.45, 7) is 67.7. The van der Waals surface area contributed by atoms with Crippen LogP contribution in [-0.4, -0.2) is 18.3 Å². The van der Waals surface area contributed by atoms with Gasteiger partial charge in [-0.05, 0) is 447 Å². The van der Waals surface area contributed by atoms with Gasteiger partial charge in [-0.25, -0.2) is 17.6 Å². The first-order valence-corrected chi connectivity index (χ1v) is 41.0. The van der Waals surface area contributed by atoms with Crippen LogP contribution in [0.15, 0.2) is 60.7 Å². The van der Waals surface area contributed by atoms with Crippen molar-refractivity contribution in [3.8, 4) is 51.1 Å². The number of alkyl halides is 3. The molecular weight excluding hydrogens is 1480 g/mol. The summed E-state index contributed by atoms with van der Waals surface area (Å²) in [5.41, 5.74) is 43.8. The molecule has 118 heavy (non-hydrogen) atoms. The van der Waals surface area contributed by atoms with Crippen molar-refractivity contribution in [1.29, 1.82) is 5.26 Å². The van der Waals surface area contributed by atoms with E-state index in [0.29, 0.717) is 33.4 Å². The van der Waals surface area contributed by atoms with Gasteiger partial charge in [-0.2, -0.15) is 18.4 Å². The first-order valence-electron chi connectivity index (χ1n) is 41.0. The van der Waals surface area contributed by atoms with Crippen LogP contribution in [0.25, 0.3) is 132 Å². The normalized spacial score (nSPS) is 12.2. The van der Waals surface area contributed by atoms with Crippen LogP contribution in [0, 0.1) is 256 Å². The van der Waals surface area contributed by atoms with Gasteiger partial charge >= 0.3 is 6.18 Å². The van der Waals surface area contributed by atoms with E-state index in [9.17, 15) is 5.26 Å². The zero-order valence-electron chi connectivity index (χ0n) is 74.7. The van der Waals surface area contributed by atoms with E-state index in [4.69, 9.17) is 0 Å². The third-order valence-electron chi connectivity index (χ3n) is 30.0. The summed E-state index contributed by atoms with van der Waals surface area (Å²) >= 11 is 0. The minimum absolute atomic E-state index is 0.0187. The number of nitriles is 1. The average Bonchev–Trinajstić information content (AvgIpc) is 1.50. The van der Waals surface area contributed by atoms with E-state index in [-0.39, 0.29) is 22.5 Å². The van der Waals surface area contributed by atoms with Crippen LogP contribution in [0.1, 0.15) is 189 Å². The molecule has 604 valence electrons.